The number of nitrogens with zero attached hydrogens (tertiary/aromatic N) is 4. The molecule has 1 aliphatic heterocycles. The van der Waals surface area contributed by atoms with Crippen LogP contribution in [0.2, 0.25) is 0 Å². The van der Waals surface area contributed by atoms with Crippen LogP contribution in [0.15, 0.2) is 6.20 Å². The number of hydrogen-bond acceptors (Lipinski definition) is 4. The summed E-state index contributed by atoms with van der Waals surface area (Å²) in [7, 11) is 0. The second-order valence-electron chi connectivity index (χ2n) is 5.54. The normalized spacial score (nSPS) is 16.1. The molecule has 0 spiro atoms. The number of hydrogen-bond donors (Lipinski definition) is 2. The van der Waals surface area contributed by atoms with E-state index in [1.807, 2.05) is 13.8 Å². The molecule has 112 valence electrons. The molecule has 7 heteroatoms. The number of aromatic nitrogens is 5. The van der Waals surface area contributed by atoms with Gasteiger partial charge in [-0.15, -0.1) is 10.2 Å². The number of H-pyrrole nitrogens is 1. The molecule has 0 saturated heterocycles. The number of carbonyl (C=O) groups is 1. The lowest BCUT2D eigenvalue weighted by molar-refractivity contribution is 0.0937. The van der Waals surface area contributed by atoms with Gasteiger partial charge in [-0.3, -0.25) is 9.89 Å². The molecule has 1 atom stereocenters. The van der Waals surface area contributed by atoms with E-state index >= 15 is 0 Å². The van der Waals surface area contributed by atoms with Crippen LogP contribution >= 0.6 is 0 Å². The van der Waals surface area contributed by atoms with Gasteiger partial charge in [0.05, 0.1) is 17.8 Å². The molecule has 1 unspecified atom stereocenters. The summed E-state index contributed by atoms with van der Waals surface area (Å²) in [4.78, 5) is 12.2. The van der Waals surface area contributed by atoms with E-state index in [0.717, 1.165) is 43.1 Å². The van der Waals surface area contributed by atoms with Gasteiger partial charge >= 0.3 is 0 Å². The second-order valence-corrected chi connectivity index (χ2v) is 5.54. The van der Waals surface area contributed by atoms with Crippen molar-refractivity contribution in [2.75, 3.05) is 0 Å². The minimum absolute atomic E-state index is 0.139. The fourth-order valence-electron chi connectivity index (χ4n) is 2.75. The van der Waals surface area contributed by atoms with Gasteiger partial charge in [-0.2, -0.15) is 5.10 Å². The summed E-state index contributed by atoms with van der Waals surface area (Å²) in [5.41, 5.74) is 1.33. The minimum atomic E-state index is -0.175. The zero-order valence-electron chi connectivity index (χ0n) is 12.4. The molecular formula is C14H20N6O. The van der Waals surface area contributed by atoms with Gasteiger partial charge in [-0.05, 0) is 26.7 Å². The first-order valence-corrected chi connectivity index (χ1v) is 7.39. The third kappa shape index (κ3) is 2.68. The Bertz CT molecular complexity index is 644. The fraction of sp³-hybridized carbons (Fsp3) is 0.571. The molecular weight excluding hydrogens is 268 g/mol. The van der Waals surface area contributed by atoms with Crippen molar-refractivity contribution in [1.29, 1.82) is 0 Å². The summed E-state index contributed by atoms with van der Waals surface area (Å²) in [5, 5.41) is 18.2. The summed E-state index contributed by atoms with van der Waals surface area (Å²) in [5.74, 6) is 1.73. The molecule has 1 amide bonds. The van der Waals surface area contributed by atoms with Crippen LogP contribution in [-0.4, -0.2) is 30.9 Å². The molecule has 2 aromatic rings. The highest BCUT2D eigenvalue weighted by Crippen LogP contribution is 2.19. The molecule has 0 bridgehead atoms. The topological polar surface area (TPSA) is 88.5 Å². The predicted molar refractivity (Wildman–Crippen MR) is 76.8 cm³/mol. The first kappa shape index (κ1) is 13.8. The molecule has 2 aromatic heterocycles. The summed E-state index contributed by atoms with van der Waals surface area (Å²) < 4.78 is 2.15. The van der Waals surface area contributed by atoms with Crippen LogP contribution in [0, 0.1) is 6.92 Å². The highest BCUT2D eigenvalue weighted by atomic mass is 16.1. The Morgan fingerprint density at radius 3 is 3.00 bits per heavy atom. The molecule has 3 rings (SSSR count). The van der Waals surface area contributed by atoms with Gasteiger partial charge in [0.1, 0.15) is 5.82 Å². The number of amides is 1. The minimum Gasteiger partial charge on any atom is -0.342 e. The van der Waals surface area contributed by atoms with E-state index < -0.39 is 0 Å². The maximum atomic E-state index is 12.2. The fourth-order valence-corrected chi connectivity index (χ4v) is 2.75. The molecule has 21 heavy (non-hydrogen) atoms. The molecule has 0 saturated carbocycles. The van der Waals surface area contributed by atoms with Crippen molar-refractivity contribution < 1.29 is 4.79 Å². The maximum Gasteiger partial charge on any atom is 0.255 e. The van der Waals surface area contributed by atoms with Gasteiger partial charge in [-0.1, -0.05) is 6.42 Å². The number of fused-ring (bicyclic) bond motifs is 1. The highest BCUT2D eigenvalue weighted by molar-refractivity contribution is 5.95. The van der Waals surface area contributed by atoms with Gasteiger partial charge in [0.15, 0.2) is 5.82 Å². The van der Waals surface area contributed by atoms with Crippen molar-refractivity contribution in [1.82, 2.24) is 30.3 Å². The van der Waals surface area contributed by atoms with Crippen molar-refractivity contribution in [2.24, 2.45) is 0 Å². The average molecular weight is 288 g/mol. The van der Waals surface area contributed by atoms with Crippen LogP contribution in [0.25, 0.3) is 0 Å². The standard InChI is InChI=1S/C14H20N6O/c1-9-11(8-15-17-9)14(21)16-10(2)13-19-18-12-6-4-3-5-7-20(12)13/h8,10H,3-7H2,1-2H3,(H,15,17)(H,16,21). The lowest BCUT2D eigenvalue weighted by Crippen LogP contribution is -2.29. The van der Waals surface area contributed by atoms with Gasteiger partial charge in [0.2, 0.25) is 0 Å². The second kappa shape index (κ2) is 5.67. The molecule has 0 aromatic carbocycles. The van der Waals surface area contributed by atoms with Crippen molar-refractivity contribution >= 4 is 5.91 Å². The Morgan fingerprint density at radius 2 is 2.24 bits per heavy atom. The quantitative estimate of drug-likeness (QED) is 0.896. The maximum absolute atomic E-state index is 12.2. The largest absolute Gasteiger partial charge is 0.342 e. The van der Waals surface area contributed by atoms with Crippen LogP contribution < -0.4 is 5.32 Å². The zero-order valence-corrected chi connectivity index (χ0v) is 12.4. The Morgan fingerprint density at radius 1 is 1.38 bits per heavy atom. The number of nitrogens with one attached hydrogen (secondary N) is 2. The lowest BCUT2D eigenvalue weighted by atomic mass is 10.2. The molecule has 0 fully saturated rings. The molecule has 2 N–H and O–H groups in total. The Hall–Kier alpha value is -2.18. The molecule has 3 heterocycles. The molecule has 1 aliphatic rings. The summed E-state index contributed by atoms with van der Waals surface area (Å²) in [6.07, 6.45) is 6.03. The third-order valence-corrected chi connectivity index (χ3v) is 3.95. The van der Waals surface area contributed by atoms with Crippen LogP contribution in [0.4, 0.5) is 0 Å². The zero-order chi connectivity index (χ0) is 14.8. The van der Waals surface area contributed by atoms with E-state index in [9.17, 15) is 4.79 Å². The van der Waals surface area contributed by atoms with Crippen molar-refractivity contribution in [3.8, 4) is 0 Å². The average Bonchev–Trinajstić information content (AvgIpc) is 2.99. The number of carbonyl (C=O) groups excluding carboxylic acids is 1. The van der Waals surface area contributed by atoms with Crippen LogP contribution in [0.5, 0.6) is 0 Å². The Labute approximate surface area is 123 Å². The van der Waals surface area contributed by atoms with Gasteiger partial charge < -0.3 is 9.88 Å². The van der Waals surface area contributed by atoms with Gasteiger partial charge in [0, 0.05) is 18.7 Å². The van der Waals surface area contributed by atoms with E-state index in [1.165, 1.54) is 6.42 Å². The number of aryl methyl sites for hydroxylation is 2. The Balaban J connectivity index is 1.77. The first-order valence-electron chi connectivity index (χ1n) is 7.39. The van der Waals surface area contributed by atoms with Crippen LogP contribution in [0.3, 0.4) is 0 Å². The van der Waals surface area contributed by atoms with Crippen molar-refractivity contribution in [3.05, 3.63) is 29.1 Å². The monoisotopic (exact) mass is 288 g/mol. The van der Waals surface area contributed by atoms with Gasteiger partial charge in [0.25, 0.3) is 5.91 Å². The van der Waals surface area contributed by atoms with Crippen LogP contribution in [0.1, 0.15) is 59.9 Å². The van der Waals surface area contributed by atoms with E-state index in [-0.39, 0.29) is 11.9 Å². The van der Waals surface area contributed by atoms with Crippen molar-refractivity contribution in [2.45, 2.75) is 52.1 Å². The van der Waals surface area contributed by atoms with E-state index in [1.54, 1.807) is 6.20 Å². The number of rotatable bonds is 3. The number of aromatic amines is 1. The summed E-state index contributed by atoms with van der Waals surface area (Å²) in [6.45, 7) is 4.70. The Kier molecular flexibility index (Phi) is 3.72. The smallest absolute Gasteiger partial charge is 0.255 e. The van der Waals surface area contributed by atoms with E-state index in [2.05, 4.69) is 30.3 Å². The summed E-state index contributed by atoms with van der Waals surface area (Å²) in [6, 6.07) is -0.175. The summed E-state index contributed by atoms with van der Waals surface area (Å²) >= 11 is 0. The van der Waals surface area contributed by atoms with Crippen LogP contribution in [-0.2, 0) is 13.0 Å². The predicted octanol–water partition coefficient (Wildman–Crippen LogP) is 1.53. The van der Waals surface area contributed by atoms with Gasteiger partial charge in [-0.25, -0.2) is 0 Å². The third-order valence-electron chi connectivity index (χ3n) is 3.95. The first-order chi connectivity index (χ1) is 10.2. The SMILES string of the molecule is Cc1[nH]ncc1C(=O)NC(C)c1nnc2n1CCCCC2. The van der Waals surface area contributed by atoms with Crippen molar-refractivity contribution in [3.63, 3.8) is 0 Å². The molecule has 0 aliphatic carbocycles. The van der Waals surface area contributed by atoms with E-state index in [0.29, 0.717) is 5.56 Å². The molecule has 7 nitrogen and oxygen atoms in total. The lowest BCUT2D eigenvalue weighted by Gasteiger charge is -2.15. The molecule has 0 radical (unpaired) electrons. The highest BCUT2D eigenvalue weighted by Gasteiger charge is 2.21. The van der Waals surface area contributed by atoms with E-state index in [4.69, 9.17) is 0 Å².